The molecule has 1 heterocycles. The fourth-order valence-corrected chi connectivity index (χ4v) is 2.43. The summed E-state index contributed by atoms with van der Waals surface area (Å²) in [6.45, 7) is 2.25. The molecule has 0 bridgehead atoms. The SMILES string of the molecule is CNc1cc2c(cc1/C(C)=N\N(C)c1ccccc1)OCO2. The average molecular weight is 297 g/mol. The number of nitrogens with zero attached hydrogens (tertiary/aromatic N) is 2. The number of fused-ring (bicyclic) bond motifs is 1. The highest BCUT2D eigenvalue weighted by molar-refractivity contribution is 6.04. The molecular formula is C17H19N3O2. The van der Waals surface area contributed by atoms with Gasteiger partial charge in [0.15, 0.2) is 11.5 Å². The number of hydrogen-bond acceptors (Lipinski definition) is 5. The number of rotatable bonds is 4. The molecule has 2 aromatic carbocycles. The van der Waals surface area contributed by atoms with Crippen molar-refractivity contribution in [2.45, 2.75) is 6.92 Å². The van der Waals surface area contributed by atoms with E-state index in [1.807, 2.05) is 68.5 Å². The molecule has 5 heteroatoms. The van der Waals surface area contributed by atoms with E-state index in [0.717, 1.165) is 34.1 Å². The van der Waals surface area contributed by atoms with Crippen LogP contribution in [0.5, 0.6) is 11.5 Å². The zero-order chi connectivity index (χ0) is 15.5. The van der Waals surface area contributed by atoms with E-state index in [4.69, 9.17) is 9.47 Å². The number of hydrazone groups is 1. The first-order chi connectivity index (χ1) is 10.7. The van der Waals surface area contributed by atoms with Crippen LogP contribution in [0.25, 0.3) is 0 Å². The van der Waals surface area contributed by atoms with Crippen LogP contribution in [0.3, 0.4) is 0 Å². The lowest BCUT2D eigenvalue weighted by Gasteiger charge is -2.16. The highest BCUT2D eigenvalue weighted by atomic mass is 16.7. The molecule has 114 valence electrons. The standard InChI is InChI=1S/C17H19N3O2/c1-12(19-20(3)13-7-5-4-6-8-13)14-9-16-17(22-11-21-16)10-15(14)18-2/h4-10,18H,11H2,1-3H3/b19-12-. The van der Waals surface area contributed by atoms with E-state index in [2.05, 4.69) is 10.4 Å². The summed E-state index contributed by atoms with van der Waals surface area (Å²) < 4.78 is 10.9. The molecule has 0 aromatic heterocycles. The van der Waals surface area contributed by atoms with E-state index in [-0.39, 0.29) is 6.79 Å². The second-order valence-electron chi connectivity index (χ2n) is 5.05. The Morgan fingerprint density at radius 2 is 1.82 bits per heavy atom. The van der Waals surface area contributed by atoms with Crippen molar-refractivity contribution in [1.29, 1.82) is 0 Å². The molecule has 0 amide bonds. The van der Waals surface area contributed by atoms with Gasteiger partial charge in [0.1, 0.15) is 0 Å². The zero-order valence-corrected chi connectivity index (χ0v) is 13.0. The summed E-state index contributed by atoms with van der Waals surface area (Å²) in [7, 11) is 3.82. The molecule has 1 aliphatic rings. The second-order valence-corrected chi connectivity index (χ2v) is 5.05. The number of ether oxygens (including phenoxy) is 2. The predicted octanol–water partition coefficient (Wildman–Crippen LogP) is 3.32. The molecule has 0 atom stereocenters. The van der Waals surface area contributed by atoms with Crippen LogP contribution in [0, 0.1) is 0 Å². The molecule has 5 nitrogen and oxygen atoms in total. The number of anilines is 2. The molecular weight excluding hydrogens is 278 g/mol. The van der Waals surface area contributed by atoms with Gasteiger partial charge >= 0.3 is 0 Å². The zero-order valence-electron chi connectivity index (χ0n) is 13.0. The van der Waals surface area contributed by atoms with Crippen molar-refractivity contribution in [2.24, 2.45) is 5.10 Å². The number of para-hydroxylation sites is 1. The van der Waals surface area contributed by atoms with Gasteiger partial charge in [0.25, 0.3) is 0 Å². The normalized spacial score (nSPS) is 13.1. The van der Waals surface area contributed by atoms with Crippen LogP contribution >= 0.6 is 0 Å². The summed E-state index contributed by atoms with van der Waals surface area (Å²) in [5.41, 5.74) is 3.89. The molecule has 1 aliphatic heterocycles. The molecule has 2 aromatic rings. The molecule has 0 aliphatic carbocycles. The molecule has 1 N–H and O–H groups in total. The quantitative estimate of drug-likeness (QED) is 0.694. The Balaban J connectivity index is 1.94. The van der Waals surface area contributed by atoms with Gasteiger partial charge in [0.2, 0.25) is 6.79 Å². The van der Waals surface area contributed by atoms with Crippen molar-refractivity contribution in [3.63, 3.8) is 0 Å². The van der Waals surface area contributed by atoms with Gasteiger partial charge in [0, 0.05) is 31.4 Å². The third kappa shape index (κ3) is 2.70. The van der Waals surface area contributed by atoms with E-state index >= 15 is 0 Å². The summed E-state index contributed by atoms with van der Waals surface area (Å²) >= 11 is 0. The van der Waals surface area contributed by atoms with Crippen molar-refractivity contribution in [3.05, 3.63) is 48.0 Å². The lowest BCUT2D eigenvalue weighted by molar-refractivity contribution is 0.174. The fourth-order valence-electron chi connectivity index (χ4n) is 2.43. The molecule has 0 saturated heterocycles. The first-order valence-corrected chi connectivity index (χ1v) is 7.15. The van der Waals surface area contributed by atoms with Gasteiger partial charge in [-0.3, -0.25) is 5.01 Å². The topological polar surface area (TPSA) is 46.1 Å². The predicted molar refractivity (Wildman–Crippen MR) is 89.2 cm³/mol. The Labute approximate surface area is 130 Å². The summed E-state index contributed by atoms with van der Waals surface area (Å²) in [5.74, 6) is 1.52. The van der Waals surface area contributed by atoms with Gasteiger partial charge in [-0.05, 0) is 25.1 Å². The lowest BCUT2D eigenvalue weighted by Crippen LogP contribution is -2.13. The minimum Gasteiger partial charge on any atom is -0.454 e. The van der Waals surface area contributed by atoms with Crippen molar-refractivity contribution in [2.75, 3.05) is 31.2 Å². The summed E-state index contributed by atoms with van der Waals surface area (Å²) in [6, 6.07) is 13.9. The fraction of sp³-hybridized carbons (Fsp3) is 0.235. The first-order valence-electron chi connectivity index (χ1n) is 7.15. The smallest absolute Gasteiger partial charge is 0.231 e. The monoisotopic (exact) mass is 297 g/mol. The van der Waals surface area contributed by atoms with Gasteiger partial charge < -0.3 is 14.8 Å². The Morgan fingerprint density at radius 3 is 2.50 bits per heavy atom. The average Bonchev–Trinajstić information content (AvgIpc) is 3.01. The van der Waals surface area contributed by atoms with E-state index in [1.54, 1.807) is 0 Å². The molecule has 0 fully saturated rings. The molecule has 0 unspecified atom stereocenters. The Morgan fingerprint density at radius 1 is 1.14 bits per heavy atom. The van der Waals surface area contributed by atoms with E-state index in [9.17, 15) is 0 Å². The van der Waals surface area contributed by atoms with Crippen molar-refractivity contribution < 1.29 is 9.47 Å². The van der Waals surface area contributed by atoms with Gasteiger partial charge in [-0.15, -0.1) is 0 Å². The van der Waals surface area contributed by atoms with Crippen molar-refractivity contribution >= 4 is 17.1 Å². The molecule has 3 rings (SSSR count). The Bertz CT molecular complexity index is 699. The molecule has 22 heavy (non-hydrogen) atoms. The van der Waals surface area contributed by atoms with E-state index in [1.165, 1.54) is 0 Å². The summed E-state index contributed by atoms with van der Waals surface area (Å²) in [6.07, 6.45) is 0. The van der Waals surface area contributed by atoms with Gasteiger partial charge in [0.05, 0.1) is 11.4 Å². The third-order valence-electron chi connectivity index (χ3n) is 3.60. The van der Waals surface area contributed by atoms with Crippen molar-refractivity contribution in [3.8, 4) is 11.5 Å². The molecule has 0 radical (unpaired) electrons. The molecule has 0 spiro atoms. The van der Waals surface area contributed by atoms with E-state index in [0.29, 0.717) is 0 Å². The van der Waals surface area contributed by atoms with Gasteiger partial charge in [-0.25, -0.2) is 0 Å². The Hall–Kier alpha value is -2.69. The van der Waals surface area contributed by atoms with Crippen LogP contribution in [0.15, 0.2) is 47.6 Å². The summed E-state index contributed by atoms with van der Waals surface area (Å²) in [4.78, 5) is 0. The number of nitrogens with one attached hydrogen (secondary N) is 1. The maximum absolute atomic E-state index is 5.46. The third-order valence-corrected chi connectivity index (χ3v) is 3.60. The minimum atomic E-state index is 0.266. The van der Waals surface area contributed by atoms with E-state index < -0.39 is 0 Å². The van der Waals surface area contributed by atoms with Crippen LogP contribution < -0.4 is 19.8 Å². The second kappa shape index (κ2) is 5.97. The summed E-state index contributed by atoms with van der Waals surface area (Å²) in [5, 5.41) is 9.71. The van der Waals surface area contributed by atoms with Gasteiger partial charge in [-0.1, -0.05) is 18.2 Å². The lowest BCUT2D eigenvalue weighted by atomic mass is 10.1. The van der Waals surface area contributed by atoms with Crippen LogP contribution in [-0.4, -0.2) is 26.6 Å². The number of benzene rings is 2. The highest BCUT2D eigenvalue weighted by Gasteiger charge is 2.18. The Kier molecular flexibility index (Phi) is 3.87. The van der Waals surface area contributed by atoms with Crippen LogP contribution in [-0.2, 0) is 0 Å². The van der Waals surface area contributed by atoms with Crippen LogP contribution in [0.2, 0.25) is 0 Å². The maximum atomic E-state index is 5.46. The van der Waals surface area contributed by atoms with Crippen LogP contribution in [0.1, 0.15) is 12.5 Å². The van der Waals surface area contributed by atoms with Crippen LogP contribution in [0.4, 0.5) is 11.4 Å². The highest BCUT2D eigenvalue weighted by Crippen LogP contribution is 2.37. The number of hydrogen-bond donors (Lipinski definition) is 1. The molecule has 0 saturated carbocycles. The van der Waals surface area contributed by atoms with Gasteiger partial charge in [-0.2, -0.15) is 5.10 Å². The first kappa shape index (κ1) is 14.3. The van der Waals surface area contributed by atoms with Crippen molar-refractivity contribution in [1.82, 2.24) is 0 Å². The maximum Gasteiger partial charge on any atom is 0.231 e. The minimum absolute atomic E-state index is 0.266. The largest absolute Gasteiger partial charge is 0.454 e.